The van der Waals surface area contributed by atoms with E-state index in [0.29, 0.717) is 18.0 Å². The molecule has 1 aliphatic carbocycles. The van der Waals surface area contributed by atoms with E-state index in [1.165, 1.54) is 12.1 Å². The summed E-state index contributed by atoms with van der Waals surface area (Å²) < 4.78 is 18.1. The number of rotatable bonds is 4. The fraction of sp³-hybridized carbons (Fsp3) is 0.375. The van der Waals surface area contributed by atoms with E-state index in [1.54, 1.807) is 29.3 Å². The van der Waals surface area contributed by atoms with E-state index in [2.05, 4.69) is 10.5 Å². The van der Waals surface area contributed by atoms with Crippen LogP contribution in [0.1, 0.15) is 31.4 Å². The number of hydrogen-bond acceptors (Lipinski definition) is 3. The molecule has 3 rings (SSSR count). The Balaban J connectivity index is 1.72. The van der Waals surface area contributed by atoms with Gasteiger partial charge in [-0.05, 0) is 37.1 Å². The van der Waals surface area contributed by atoms with Crippen molar-refractivity contribution in [1.29, 1.82) is 0 Å². The second-order valence-corrected chi connectivity index (χ2v) is 5.48. The standard InChI is InChI=1S/C16H18FN3O2/c17-12-5-7-13(8-6-12)19-16(21)20(14-3-1-2-4-14)11-15-9-10-18-22-15/h5-10,14H,1-4,11H2,(H,19,21). The van der Waals surface area contributed by atoms with E-state index in [1.807, 2.05) is 0 Å². The van der Waals surface area contributed by atoms with Crippen molar-refractivity contribution in [3.05, 3.63) is 48.1 Å². The van der Waals surface area contributed by atoms with Crippen LogP contribution >= 0.6 is 0 Å². The summed E-state index contributed by atoms with van der Waals surface area (Å²) in [5.41, 5.74) is 0.576. The van der Waals surface area contributed by atoms with Crippen molar-refractivity contribution in [3.63, 3.8) is 0 Å². The Kier molecular flexibility index (Phi) is 4.37. The molecule has 1 saturated carbocycles. The van der Waals surface area contributed by atoms with Gasteiger partial charge < -0.3 is 14.7 Å². The molecule has 0 saturated heterocycles. The third-order valence-electron chi connectivity index (χ3n) is 3.94. The van der Waals surface area contributed by atoms with E-state index in [-0.39, 0.29) is 17.9 Å². The van der Waals surface area contributed by atoms with E-state index in [4.69, 9.17) is 4.52 Å². The lowest BCUT2D eigenvalue weighted by Gasteiger charge is -2.28. The van der Waals surface area contributed by atoms with Gasteiger partial charge in [0, 0.05) is 17.8 Å². The highest BCUT2D eigenvalue weighted by Gasteiger charge is 2.27. The lowest BCUT2D eigenvalue weighted by atomic mass is 10.2. The summed E-state index contributed by atoms with van der Waals surface area (Å²) in [6, 6.07) is 7.51. The van der Waals surface area contributed by atoms with Gasteiger partial charge in [-0.25, -0.2) is 9.18 Å². The van der Waals surface area contributed by atoms with Crippen LogP contribution in [0, 0.1) is 5.82 Å². The molecule has 2 amide bonds. The van der Waals surface area contributed by atoms with Crippen molar-refractivity contribution in [2.45, 2.75) is 38.3 Å². The molecule has 1 aromatic heterocycles. The van der Waals surface area contributed by atoms with Gasteiger partial charge in [0.1, 0.15) is 5.82 Å². The van der Waals surface area contributed by atoms with Crippen molar-refractivity contribution in [2.24, 2.45) is 0 Å². The normalized spacial score (nSPS) is 15.0. The predicted molar refractivity (Wildman–Crippen MR) is 79.7 cm³/mol. The van der Waals surface area contributed by atoms with Gasteiger partial charge in [0.15, 0.2) is 5.76 Å². The van der Waals surface area contributed by atoms with Crippen LogP contribution in [0.25, 0.3) is 0 Å². The third kappa shape index (κ3) is 3.44. The Labute approximate surface area is 128 Å². The monoisotopic (exact) mass is 303 g/mol. The molecular formula is C16H18FN3O2. The molecule has 0 bridgehead atoms. The number of carbonyl (C=O) groups excluding carboxylic acids is 1. The molecule has 0 spiro atoms. The average Bonchev–Trinajstić information content (AvgIpc) is 3.20. The minimum absolute atomic E-state index is 0.199. The zero-order valence-electron chi connectivity index (χ0n) is 12.2. The molecule has 116 valence electrons. The maximum atomic E-state index is 12.9. The molecule has 5 nitrogen and oxygen atoms in total. The third-order valence-corrected chi connectivity index (χ3v) is 3.94. The van der Waals surface area contributed by atoms with Crippen molar-refractivity contribution >= 4 is 11.7 Å². The lowest BCUT2D eigenvalue weighted by molar-refractivity contribution is 0.175. The van der Waals surface area contributed by atoms with Gasteiger partial charge in [-0.1, -0.05) is 18.0 Å². The van der Waals surface area contributed by atoms with Crippen LogP contribution < -0.4 is 5.32 Å². The molecule has 2 aromatic rings. The summed E-state index contributed by atoms with van der Waals surface area (Å²) in [5, 5.41) is 6.50. The number of aromatic nitrogens is 1. The first kappa shape index (κ1) is 14.6. The van der Waals surface area contributed by atoms with Crippen LogP contribution in [0.3, 0.4) is 0 Å². The van der Waals surface area contributed by atoms with E-state index in [9.17, 15) is 9.18 Å². The molecule has 6 heteroatoms. The molecule has 0 atom stereocenters. The van der Waals surface area contributed by atoms with Crippen LogP contribution in [0.4, 0.5) is 14.9 Å². The highest BCUT2D eigenvalue weighted by Crippen LogP contribution is 2.25. The summed E-state index contributed by atoms with van der Waals surface area (Å²) in [7, 11) is 0. The molecule has 0 aliphatic heterocycles. The molecular weight excluding hydrogens is 285 g/mol. The summed E-state index contributed by atoms with van der Waals surface area (Å²) in [6.45, 7) is 0.387. The van der Waals surface area contributed by atoms with E-state index >= 15 is 0 Å². The molecule has 0 radical (unpaired) electrons. The summed E-state index contributed by atoms with van der Waals surface area (Å²) in [6.07, 6.45) is 5.80. The van der Waals surface area contributed by atoms with Gasteiger partial charge in [0.25, 0.3) is 0 Å². The predicted octanol–water partition coefficient (Wildman–Crippen LogP) is 3.79. The summed E-state index contributed by atoms with van der Waals surface area (Å²) in [4.78, 5) is 14.3. The molecule has 0 unspecified atom stereocenters. The maximum Gasteiger partial charge on any atom is 0.322 e. The Morgan fingerprint density at radius 1 is 1.27 bits per heavy atom. The van der Waals surface area contributed by atoms with Crippen molar-refractivity contribution < 1.29 is 13.7 Å². The quantitative estimate of drug-likeness (QED) is 0.935. The van der Waals surface area contributed by atoms with Crippen molar-refractivity contribution in [2.75, 3.05) is 5.32 Å². The summed E-state index contributed by atoms with van der Waals surface area (Å²) in [5.74, 6) is 0.327. The van der Waals surface area contributed by atoms with Gasteiger partial charge >= 0.3 is 6.03 Å². The van der Waals surface area contributed by atoms with Gasteiger partial charge in [0.05, 0.1) is 12.7 Å². The number of hydrogen-bond donors (Lipinski definition) is 1. The second-order valence-electron chi connectivity index (χ2n) is 5.48. The Morgan fingerprint density at radius 3 is 2.64 bits per heavy atom. The van der Waals surface area contributed by atoms with Crippen LogP contribution in [0.2, 0.25) is 0 Å². The topological polar surface area (TPSA) is 58.4 Å². The zero-order chi connectivity index (χ0) is 15.4. The largest absolute Gasteiger partial charge is 0.360 e. The molecule has 1 N–H and O–H groups in total. The first-order valence-electron chi connectivity index (χ1n) is 7.45. The van der Waals surface area contributed by atoms with Gasteiger partial charge in [-0.2, -0.15) is 0 Å². The highest BCUT2D eigenvalue weighted by molar-refractivity contribution is 5.89. The van der Waals surface area contributed by atoms with E-state index < -0.39 is 0 Å². The number of anilines is 1. The van der Waals surface area contributed by atoms with Crippen LogP contribution in [0.5, 0.6) is 0 Å². The first-order valence-corrected chi connectivity index (χ1v) is 7.45. The number of nitrogens with one attached hydrogen (secondary N) is 1. The lowest BCUT2D eigenvalue weighted by Crippen LogP contribution is -2.41. The number of amides is 2. The first-order chi connectivity index (χ1) is 10.7. The van der Waals surface area contributed by atoms with Crippen LogP contribution in [0.15, 0.2) is 41.1 Å². The van der Waals surface area contributed by atoms with Gasteiger partial charge in [0.2, 0.25) is 0 Å². The Bertz CT molecular complexity index is 607. The molecule has 1 heterocycles. The smallest absolute Gasteiger partial charge is 0.322 e. The summed E-state index contributed by atoms with van der Waals surface area (Å²) >= 11 is 0. The molecule has 1 aliphatic rings. The van der Waals surface area contributed by atoms with Crippen molar-refractivity contribution in [1.82, 2.24) is 10.1 Å². The zero-order valence-corrected chi connectivity index (χ0v) is 12.2. The maximum absolute atomic E-state index is 12.9. The Morgan fingerprint density at radius 2 is 2.00 bits per heavy atom. The minimum atomic E-state index is -0.327. The number of benzene rings is 1. The van der Waals surface area contributed by atoms with Gasteiger partial charge in [-0.3, -0.25) is 0 Å². The number of nitrogens with zero attached hydrogens (tertiary/aromatic N) is 2. The van der Waals surface area contributed by atoms with Crippen LogP contribution in [-0.2, 0) is 6.54 Å². The number of halogens is 1. The van der Waals surface area contributed by atoms with Gasteiger partial charge in [-0.15, -0.1) is 0 Å². The fourth-order valence-electron chi connectivity index (χ4n) is 2.80. The second kappa shape index (κ2) is 6.60. The highest BCUT2D eigenvalue weighted by atomic mass is 19.1. The SMILES string of the molecule is O=C(Nc1ccc(F)cc1)N(Cc1ccno1)C1CCCC1. The molecule has 1 aromatic carbocycles. The Hall–Kier alpha value is -2.37. The van der Waals surface area contributed by atoms with Crippen molar-refractivity contribution in [3.8, 4) is 0 Å². The number of carbonyl (C=O) groups is 1. The molecule has 1 fully saturated rings. The average molecular weight is 303 g/mol. The number of urea groups is 1. The van der Waals surface area contributed by atoms with Crippen LogP contribution in [-0.4, -0.2) is 22.1 Å². The molecule has 22 heavy (non-hydrogen) atoms. The fourth-order valence-corrected chi connectivity index (χ4v) is 2.80. The van der Waals surface area contributed by atoms with E-state index in [0.717, 1.165) is 25.7 Å². The minimum Gasteiger partial charge on any atom is -0.360 e.